The highest BCUT2D eigenvalue weighted by atomic mass is 32.2. The van der Waals surface area contributed by atoms with Gasteiger partial charge < -0.3 is 9.50 Å². The minimum Gasteiger partial charge on any atom is -0.379 e. The largest absolute Gasteiger partial charge is 0.379 e. The molecule has 3 aromatic carbocycles. The lowest BCUT2D eigenvalue weighted by molar-refractivity contribution is 0.473. The van der Waals surface area contributed by atoms with Crippen LogP contribution in [0.5, 0.6) is 5.75 Å². The number of hydrogen-bond donors (Lipinski definition) is 1. The van der Waals surface area contributed by atoms with Crippen LogP contribution in [-0.4, -0.2) is 8.42 Å². The third kappa shape index (κ3) is 4.96. The summed E-state index contributed by atoms with van der Waals surface area (Å²) in [5.74, 6) is 0.339. The third-order valence-corrected chi connectivity index (χ3v) is 5.60. The summed E-state index contributed by atoms with van der Waals surface area (Å²) in [7, 11) is -3.88. The van der Waals surface area contributed by atoms with E-state index in [1.807, 2.05) is 56.3 Å². The van der Waals surface area contributed by atoms with Gasteiger partial charge in [0.25, 0.3) is 0 Å². The number of hydrogen-bond acceptors (Lipinski definition) is 4. The highest BCUT2D eigenvalue weighted by Gasteiger charge is 2.20. The lowest BCUT2D eigenvalue weighted by Gasteiger charge is -2.18. The van der Waals surface area contributed by atoms with Crippen molar-refractivity contribution >= 4 is 10.1 Å². The number of aryl methyl sites for hydroxylation is 1. The van der Waals surface area contributed by atoms with Crippen LogP contribution in [0.25, 0.3) is 0 Å². The molecule has 1 atom stereocenters. The molecule has 0 aromatic heterocycles. The highest BCUT2D eigenvalue weighted by molar-refractivity contribution is 7.87. The molecule has 1 unspecified atom stereocenters. The fourth-order valence-electron chi connectivity index (χ4n) is 2.76. The van der Waals surface area contributed by atoms with E-state index in [1.54, 1.807) is 36.4 Å². The normalized spacial score (nSPS) is 12.5. The van der Waals surface area contributed by atoms with Crippen LogP contribution in [0, 0.1) is 6.92 Å². The van der Waals surface area contributed by atoms with Gasteiger partial charge in [0.05, 0.1) is 0 Å². The Morgan fingerprint density at radius 2 is 1.52 bits per heavy atom. The van der Waals surface area contributed by atoms with Crippen LogP contribution >= 0.6 is 0 Å². The van der Waals surface area contributed by atoms with Crippen molar-refractivity contribution in [2.75, 3.05) is 0 Å². The van der Waals surface area contributed by atoms with Gasteiger partial charge in [0, 0.05) is 18.2 Å². The summed E-state index contributed by atoms with van der Waals surface area (Å²) in [6.07, 6.45) is 0. The predicted octanol–water partition coefficient (Wildman–Crippen LogP) is 4.61. The van der Waals surface area contributed by atoms with E-state index in [1.165, 1.54) is 0 Å². The zero-order valence-electron chi connectivity index (χ0n) is 15.4. The first kappa shape index (κ1) is 19.1. The third-order valence-electron chi connectivity index (χ3n) is 4.35. The van der Waals surface area contributed by atoms with Crippen LogP contribution in [0.3, 0.4) is 0 Å². The summed E-state index contributed by atoms with van der Waals surface area (Å²) in [4.78, 5) is 0.146. The Labute approximate surface area is 161 Å². The molecule has 0 heterocycles. The molecule has 3 rings (SSSR count). The number of benzene rings is 3. The summed E-state index contributed by atoms with van der Waals surface area (Å²) in [6, 6.07) is 23.8. The van der Waals surface area contributed by atoms with Gasteiger partial charge in [-0.1, -0.05) is 66.2 Å². The van der Waals surface area contributed by atoms with Crippen LogP contribution in [0.4, 0.5) is 0 Å². The molecule has 0 aliphatic rings. The predicted molar refractivity (Wildman–Crippen MR) is 107 cm³/mol. The number of nitrogens with one attached hydrogen (secondary N) is 1. The number of rotatable bonds is 7. The molecule has 3 aromatic rings. The van der Waals surface area contributed by atoms with Gasteiger partial charge in [-0.2, -0.15) is 8.42 Å². The van der Waals surface area contributed by atoms with Crippen LogP contribution in [0.2, 0.25) is 0 Å². The number of para-hydroxylation sites is 1. The maximum atomic E-state index is 12.6. The SMILES string of the molecule is Cc1ccc(S(=O)(=O)Oc2ccccc2C(C)NCc2ccccc2)cc1. The second-order valence-electron chi connectivity index (χ2n) is 6.48. The summed E-state index contributed by atoms with van der Waals surface area (Å²) in [5, 5.41) is 3.41. The summed E-state index contributed by atoms with van der Waals surface area (Å²) < 4.78 is 30.7. The van der Waals surface area contributed by atoms with Crippen LogP contribution in [0.1, 0.15) is 29.7 Å². The second-order valence-corrected chi connectivity index (χ2v) is 8.02. The van der Waals surface area contributed by atoms with Crippen molar-refractivity contribution in [2.45, 2.75) is 31.3 Å². The minimum atomic E-state index is -3.88. The van der Waals surface area contributed by atoms with Crippen molar-refractivity contribution in [1.29, 1.82) is 0 Å². The van der Waals surface area contributed by atoms with Gasteiger partial charge in [-0.15, -0.1) is 0 Å². The van der Waals surface area contributed by atoms with E-state index >= 15 is 0 Å². The van der Waals surface area contributed by atoms with Gasteiger partial charge in [0.1, 0.15) is 10.6 Å². The van der Waals surface area contributed by atoms with Crippen molar-refractivity contribution in [3.63, 3.8) is 0 Å². The van der Waals surface area contributed by atoms with E-state index < -0.39 is 10.1 Å². The molecule has 0 radical (unpaired) electrons. The first-order chi connectivity index (χ1) is 13.0. The Bertz CT molecular complexity index is 984. The maximum absolute atomic E-state index is 12.6. The molecule has 5 heteroatoms. The fourth-order valence-corrected chi connectivity index (χ4v) is 3.72. The smallest absolute Gasteiger partial charge is 0.339 e. The average molecular weight is 381 g/mol. The van der Waals surface area contributed by atoms with Crippen molar-refractivity contribution in [2.24, 2.45) is 0 Å². The molecule has 0 saturated carbocycles. The van der Waals surface area contributed by atoms with Crippen molar-refractivity contribution in [3.05, 3.63) is 95.6 Å². The summed E-state index contributed by atoms with van der Waals surface area (Å²) in [6.45, 7) is 4.58. The first-order valence-corrected chi connectivity index (χ1v) is 10.2. The van der Waals surface area contributed by atoms with Crippen LogP contribution < -0.4 is 9.50 Å². The molecule has 4 nitrogen and oxygen atoms in total. The van der Waals surface area contributed by atoms with Gasteiger partial charge in [-0.3, -0.25) is 0 Å². The Kier molecular flexibility index (Phi) is 5.94. The van der Waals surface area contributed by atoms with E-state index in [2.05, 4.69) is 5.32 Å². The van der Waals surface area contributed by atoms with E-state index in [4.69, 9.17) is 4.18 Å². The molecule has 0 fully saturated rings. The zero-order valence-corrected chi connectivity index (χ0v) is 16.2. The maximum Gasteiger partial charge on any atom is 0.339 e. The molecule has 0 aliphatic carbocycles. The molecule has 0 aliphatic heterocycles. The Morgan fingerprint density at radius 3 is 2.22 bits per heavy atom. The molecule has 0 spiro atoms. The Morgan fingerprint density at radius 1 is 0.889 bits per heavy atom. The van der Waals surface area contributed by atoms with Gasteiger partial charge >= 0.3 is 10.1 Å². The first-order valence-electron chi connectivity index (χ1n) is 8.83. The van der Waals surface area contributed by atoms with Crippen molar-refractivity contribution in [3.8, 4) is 5.75 Å². The van der Waals surface area contributed by atoms with E-state index in [9.17, 15) is 8.42 Å². The standard InChI is InChI=1S/C22H23NO3S/c1-17-12-14-20(15-13-17)27(24,25)26-22-11-7-6-10-21(22)18(2)23-16-19-8-4-3-5-9-19/h3-15,18,23H,16H2,1-2H3. The van der Waals surface area contributed by atoms with E-state index in [0.717, 1.165) is 16.7 Å². The second kappa shape index (κ2) is 8.37. The Hall–Kier alpha value is -2.63. The monoisotopic (exact) mass is 381 g/mol. The quantitative estimate of drug-likeness (QED) is 0.607. The summed E-state index contributed by atoms with van der Waals surface area (Å²) in [5.41, 5.74) is 2.95. The zero-order chi connectivity index (χ0) is 19.3. The minimum absolute atomic E-state index is 0.0744. The van der Waals surface area contributed by atoms with E-state index in [0.29, 0.717) is 12.3 Å². The highest BCUT2D eigenvalue weighted by Crippen LogP contribution is 2.28. The van der Waals surface area contributed by atoms with Gasteiger partial charge in [-0.05, 0) is 37.6 Å². The van der Waals surface area contributed by atoms with Crippen molar-refractivity contribution in [1.82, 2.24) is 5.32 Å². The molecule has 0 amide bonds. The lowest BCUT2D eigenvalue weighted by atomic mass is 10.1. The van der Waals surface area contributed by atoms with Gasteiger partial charge in [0.15, 0.2) is 0 Å². The van der Waals surface area contributed by atoms with Gasteiger partial charge in [-0.25, -0.2) is 0 Å². The molecule has 27 heavy (non-hydrogen) atoms. The Balaban J connectivity index is 1.78. The van der Waals surface area contributed by atoms with E-state index in [-0.39, 0.29) is 10.9 Å². The van der Waals surface area contributed by atoms with Crippen LogP contribution in [0.15, 0.2) is 83.8 Å². The summed E-state index contributed by atoms with van der Waals surface area (Å²) >= 11 is 0. The fraction of sp³-hybridized carbons (Fsp3) is 0.182. The molecule has 0 saturated heterocycles. The van der Waals surface area contributed by atoms with Gasteiger partial charge in [0.2, 0.25) is 0 Å². The molecule has 1 N–H and O–H groups in total. The molecular formula is C22H23NO3S. The van der Waals surface area contributed by atoms with Crippen molar-refractivity contribution < 1.29 is 12.6 Å². The van der Waals surface area contributed by atoms with Crippen LogP contribution in [-0.2, 0) is 16.7 Å². The average Bonchev–Trinajstić information content (AvgIpc) is 2.67. The topological polar surface area (TPSA) is 55.4 Å². The molecule has 140 valence electrons. The molecular weight excluding hydrogens is 358 g/mol. The molecule has 0 bridgehead atoms. The lowest BCUT2D eigenvalue weighted by Crippen LogP contribution is -2.20.